The second-order valence-electron chi connectivity index (χ2n) is 16.5. The fraction of sp³-hybridized carbons (Fsp3) is 0.164. The Kier molecular flexibility index (Phi) is 7.39. The van der Waals surface area contributed by atoms with Crippen molar-refractivity contribution in [2.75, 3.05) is 22.9 Å². The van der Waals surface area contributed by atoms with Crippen LogP contribution in [0.4, 0.5) is 17.1 Å². The molecule has 0 saturated carbocycles. The number of fused-ring (bicyclic) bond motifs is 12. The highest BCUT2D eigenvalue weighted by atomic mass is 15.2. The fourth-order valence-corrected chi connectivity index (χ4v) is 11.2. The molecule has 0 bridgehead atoms. The van der Waals surface area contributed by atoms with Crippen molar-refractivity contribution in [1.29, 1.82) is 0 Å². The lowest BCUT2D eigenvalue weighted by Gasteiger charge is -2.36. The SMILES string of the molecule is C1=CC2=C(CC1)N(c1ccc3c(c1)C1(c4ccccc4-c4ccccc41)c1cc(/C=C/c4ccc(N5CCCc6ccccc65)c5ccccc45)ccc1-3)CCC2. The molecule has 2 heterocycles. The molecule has 3 aliphatic carbocycles. The Labute approximate surface area is 335 Å². The largest absolute Gasteiger partial charge is 0.345 e. The Morgan fingerprint density at radius 3 is 2.04 bits per heavy atom. The Morgan fingerprint density at radius 2 is 1.18 bits per heavy atom. The van der Waals surface area contributed by atoms with Crippen molar-refractivity contribution in [2.45, 2.75) is 43.9 Å². The van der Waals surface area contributed by atoms with E-state index in [1.807, 2.05) is 0 Å². The molecule has 5 aliphatic rings. The molecule has 0 amide bonds. The van der Waals surface area contributed by atoms with Crippen LogP contribution in [0.15, 0.2) is 169 Å². The average Bonchev–Trinajstić information content (AvgIpc) is 3.74. The summed E-state index contributed by atoms with van der Waals surface area (Å²) in [6.45, 7) is 2.12. The molecule has 0 saturated heterocycles. The molecule has 12 rings (SSSR count). The molecule has 2 nitrogen and oxygen atoms in total. The van der Waals surface area contributed by atoms with Crippen LogP contribution in [0.5, 0.6) is 0 Å². The van der Waals surface area contributed by atoms with E-state index in [-0.39, 0.29) is 0 Å². The number of hydrogen-bond acceptors (Lipinski definition) is 2. The van der Waals surface area contributed by atoms with E-state index in [4.69, 9.17) is 0 Å². The highest BCUT2D eigenvalue weighted by Crippen LogP contribution is 2.63. The predicted molar refractivity (Wildman–Crippen MR) is 239 cm³/mol. The Balaban J connectivity index is 0.998. The normalized spacial score (nSPS) is 17.1. The summed E-state index contributed by atoms with van der Waals surface area (Å²) < 4.78 is 0. The van der Waals surface area contributed by atoms with Gasteiger partial charge in [0.25, 0.3) is 0 Å². The van der Waals surface area contributed by atoms with Crippen molar-refractivity contribution in [2.24, 2.45) is 0 Å². The van der Waals surface area contributed by atoms with Crippen LogP contribution in [0.2, 0.25) is 0 Å². The van der Waals surface area contributed by atoms with Gasteiger partial charge >= 0.3 is 0 Å². The molecule has 0 radical (unpaired) electrons. The molecule has 0 aromatic heterocycles. The van der Waals surface area contributed by atoms with E-state index in [0.717, 1.165) is 32.4 Å². The third kappa shape index (κ3) is 4.83. The van der Waals surface area contributed by atoms with E-state index < -0.39 is 5.41 Å². The van der Waals surface area contributed by atoms with E-state index in [2.05, 4.69) is 180 Å². The van der Waals surface area contributed by atoms with Gasteiger partial charge in [0.2, 0.25) is 0 Å². The third-order valence-corrected chi connectivity index (χ3v) is 13.6. The first-order valence-corrected chi connectivity index (χ1v) is 21.0. The van der Waals surface area contributed by atoms with Crippen molar-refractivity contribution >= 4 is 40.0 Å². The van der Waals surface area contributed by atoms with E-state index in [1.54, 1.807) is 0 Å². The van der Waals surface area contributed by atoms with Gasteiger partial charge in [-0.1, -0.05) is 140 Å². The standard InChI is InChI=1S/C55H44N2/c1-9-23-52-39(13-1)15-11-33-56(52)41-29-31-46-45-30-26-37(35-50(45)55(51(46)36-41)48-21-7-5-18-43(48)44-19-6-8-22-49(44)55)25-27-38-28-32-54(47-20-4-3-17-42(38)47)57-34-12-16-40-14-2-10-24-53(40)57/h1-8,10,13-14,17-22,24-32,35-36H,9,11-12,15-16,23,33-34H2/b27-25+. The summed E-state index contributed by atoms with van der Waals surface area (Å²) in [4.78, 5) is 5.17. The molecule has 0 fully saturated rings. The van der Waals surface area contributed by atoms with Gasteiger partial charge in [-0.3, -0.25) is 0 Å². The minimum atomic E-state index is -0.393. The van der Waals surface area contributed by atoms with Crippen molar-refractivity contribution in [3.63, 3.8) is 0 Å². The van der Waals surface area contributed by atoms with Crippen LogP contribution in [0, 0.1) is 0 Å². The molecule has 7 aromatic carbocycles. The first kappa shape index (κ1) is 32.8. The Bertz CT molecular complexity index is 2840. The topological polar surface area (TPSA) is 6.48 Å². The van der Waals surface area contributed by atoms with E-state index in [9.17, 15) is 0 Å². The summed E-state index contributed by atoms with van der Waals surface area (Å²) in [6, 6.07) is 55.5. The minimum absolute atomic E-state index is 0.393. The van der Waals surface area contributed by atoms with Gasteiger partial charge in [-0.05, 0) is 141 Å². The van der Waals surface area contributed by atoms with Crippen LogP contribution in [-0.4, -0.2) is 13.1 Å². The lowest BCUT2D eigenvalue weighted by molar-refractivity contribution is 0.691. The zero-order chi connectivity index (χ0) is 37.5. The van der Waals surface area contributed by atoms with E-state index in [0.29, 0.717) is 0 Å². The third-order valence-electron chi connectivity index (χ3n) is 13.6. The van der Waals surface area contributed by atoms with Gasteiger partial charge in [0.15, 0.2) is 0 Å². The first-order valence-electron chi connectivity index (χ1n) is 21.0. The minimum Gasteiger partial charge on any atom is -0.345 e. The van der Waals surface area contributed by atoms with Crippen molar-refractivity contribution < 1.29 is 0 Å². The Morgan fingerprint density at radius 1 is 0.491 bits per heavy atom. The molecule has 1 spiro atoms. The summed E-state index contributed by atoms with van der Waals surface area (Å²) in [5, 5.41) is 2.59. The van der Waals surface area contributed by atoms with Gasteiger partial charge in [-0.15, -0.1) is 0 Å². The number of para-hydroxylation sites is 1. The van der Waals surface area contributed by atoms with Crippen molar-refractivity contribution in [1.82, 2.24) is 0 Å². The number of rotatable bonds is 4. The second kappa shape index (κ2) is 12.8. The Hall–Kier alpha value is -6.38. The highest BCUT2D eigenvalue weighted by Gasteiger charge is 2.51. The van der Waals surface area contributed by atoms with Gasteiger partial charge in [0.05, 0.1) is 5.41 Å². The van der Waals surface area contributed by atoms with Crippen LogP contribution < -0.4 is 9.80 Å². The highest BCUT2D eigenvalue weighted by molar-refractivity contribution is 6.02. The van der Waals surface area contributed by atoms with Crippen LogP contribution in [-0.2, 0) is 11.8 Å². The monoisotopic (exact) mass is 732 g/mol. The van der Waals surface area contributed by atoms with Gasteiger partial charge < -0.3 is 9.80 Å². The molecule has 0 atom stereocenters. The summed E-state index contributed by atoms with van der Waals surface area (Å²) in [5.41, 5.74) is 21.5. The van der Waals surface area contributed by atoms with Gasteiger partial charge in [0, 0.05) is 41.2 Å². The predicted octanol–water partition coefficient (Wildman–Crippen LogP) is 13.6. The molecule has 0 N–H and O–H groups in total. The van der Waals surface area contributed by atoms with Gasteiger partial charge in [-0.2, -0.15) is 0 Å². The van der Waals surface area contributed by atoms with Crippen LogP contribution in [0.25, 0.3) is 45.2 Å². The molecule has 57 heavy (non-hydrogen) atoms. The quantitative estimate of drug-likeness (QED) is 0.166. The molecule has 0 unspecified atom stereocenters. The molecular weight excluding hydrogens is 689 g/mol. The second-order valence-corrected chi connectivity index (χ2v) is 16.5. The number of anilines is 3. The summed E-state index contributed by atoms with van der Waals surface area (Å²) in [7, 11) is 0. The maximum atomic E-state index is 2.64. The van der Waals surface area contributed by atoms with E-state index >= 15 is 0 Å². The van der Waals surface area contributed by atoms with Crippen molar-refractivity contribution in [3.05, 3.63) is 208 Å². The number of allylic oxidation sites excluding steroid dienone is 4. The van der Waals surface area contributed by atoms with Gasteiger partial charge in [0.1, 0.15) is 0 Å². The molecule has 274 valence electrons. The van der Waals surface area contributed by atoms with Crippen molar-refractivity contribution in [3.8, 4) is 22.3 Å². The fourth-order valence-electron chi connectivity index (χ4n) is 11.2. The smallest absolute Gasteiger partial charge is 0.0726 e. The summed E-state index contributed by atoms with van der Waals surface area (Å²) >= 11 is 0. The lowest BCUT2D eigenvalue weighted by Crippen LogP contribution is -2.30. The zero-order valence-electron chi connectivity index (χ0n) is 32.2. The number of benzene rings is 7. The number of aryl methyl sites for hydroxylation is 1. The number of hydrogen-bond donors (Lipinski definition) is 0. The van der Waals surface area contributed by atoms with Crippen LogP contribution in [0.3, 0.4) is 0 Å². The molecule has 7 aromatic rings. The molecule has 2 aliphatic heterocycles. The van der Waals surface area contributed by atoms with Crippen LogP contribution >= 0.6 is 0 Å². The molecular formula is C55H44N2. The van der Waals surface area contributed by atoms with Crippen LogP contribution in [0.1, 0.15) is 71.0 Å². The molecule has 2 heteroatoms. The maximum Gasteiger partial charge on any atom is 0.0726 e. The summed E-state index contributed by atoms with van der Waals surface area (Å²) in [5.74, 6) is 0. The van der Waals surface area contributed by atoms with Gasteiger partial charge in [-0.25, -0.2) is 0 Å². The lowest BCUT2D eigenvalue weighted by atomic mass is 9.70. The number of nitrogens with zero attached hydrogens (tertiary/aromatic N) is 2. The average molecular weight is 733 g/mol. The van der Waals surface area contributed by atoms with E-state index in [1.165, 1.54) is 120 Å². The summed E-state index contributed by atoms with van der Waals surface area (Å²) in [6.07, 6.45) is 16.4. The first-order chi connectivity index (χ1) is 28.3. The zero-order valence-corrected chi connectivity index (χ0v) is 32.2. The maximum absolute atomic E-state index is 2.64.